The lowest BCUT2D eigenvalue weighted by Crippen LogP contribution is -2.13. The first-order valence-electron chi connectivity index (χ1n) is 6.59. The Morgan fingerprint density at radius 3 is 2.76 bits per heavy atom. The predicted molar refractivity (Wildman–Crippen MR) is 70.9 cm³/mol. The Morgan fingerprint density at radius 2 is 2.06 bits per heavy atom. The molecule has 2 rings (SSSR count). The summed E-state index contributed by atoms with van der Waals surface area (Å²) in [6.07, 6.45) is 8.27. The van der Waals surface area contributed by atoms with E-state index in [-0.39, 0.29) is 0 Å². The summed E-state index contributed by atoms with van der Waals surface area (Å²) in [5, 5.41) is 3.34. The smallest absolute Gasteiger partial charge is 0.222 e. The van der Waals surface area contributed by atoms with Crippen LogP contribution in [-0.2, 0) is 0 Å². The number of rotatable bonds is 4. The molecule has 0 atom stereocenters. The molecule has 1 aromatic rings. The van der Waals surface area contributed by atoms with Gasteiger partial charge in [-0.1, -0.05) is 32.1 Å². The van der Waals surface area contributed by atoms with Gasteiger partial charge in [0.15, 0.2) is 0 Å². The molecular weight excluding hydrogens is 212 g/mol. The summed E-state index contributed by atoms with van der Waals surface area (Å²) in [7, 11) is 0. The third-order valence-corrected chi connectivity index (χ3v) is 3.45. The SMILES string of the molecule is Cc1cc(NCCC2CCCCC2)nc(N)n1. The van der Waals surface area contributed by atoms with E-state index in [2.05, 4.69) is 15.3 Å². The van der Waals surface area contributed by atoms with Crippen LogP contribution in [0.1, 0.15) is 44.2 Å². The van der Waals surface area contributed by atoms with Gasteiger partial charge in [-0.3, -0.25) is 0 Å². The van der Waals surface area contributed by atoms with E-state index in [4.69, 9.17) is 5.73 Å². The number of hydrogen-bond donors (Lipinski definition) is 2. The summed E-state index contributed by atoms with van der Waals surface area (Å²) >= 11 is 0. The first-order valence-corrected chi connectivity index (χ1v) is 6.59. The van der Waals surface area contributed by atoms with E-state index in [9.17, 15) is 0 Å². The van der Waals surface area contributed by atoms with Crippen molar-refractivity contribution in [2.24, 2.45) is 5.92 Å². The average molecular weight is 234 g/mol. The summed E-state index contributed by atoms with van der Waals surface area (Å²) in [6.45, 7) is 2.92. The van der Waals surface area contributed by atoms with E-state index in [1.54, 1.807) is 0 Å². The van der Waals surface area contributed by atoms with Crippen molar-refractivity contribution in [2.45, 2.75) is 45.4 Å². The number of nitrogens with one attached hydrogen (secondary N) is 1. The van der Waals surface area contributed by atoms with Gasteiger partial charge in [0.05, 0.1) is 0 Å². The molecule has 4 nitrogen and oxygen atoms in total. The van der Waals surface area contributed by atoms with Crippen LogP contribution in [0.5, 0.6) is 0 Å². The van der Waals surface area contributed by atoms with Crippen LogP contribution in [0.15, 0.2) is 6.07 Å². The zero-order valence-electron chi connectivity index (χ0n) is 10.6. The third kappa shape index (κ3) is 3.88. The number of anilines is 2. The maximum Gasteiger partial charge on any atom is 0.222 e. The molecule has 3 N–H and O–H groups in total. The van der Waals surface area contributed by atoms with Gasteiger partial charge in [0.1, 0.15) is 5.82 Å². The highest BCUT2D eigenvalue weighted by Crippen LogP contribution is 2.26. The molecule has 0 aromatic carbocycles. The second-order valence-electron chi connectivity index (χ2n) is 4.97. The summed E-state index contributed by atoms with van der Waals surface area (Å²) in [5.74, 6) is 2.10. The van der Waals surface area contributed by atoms with Crippen LogP contribution in [0, 0.1) is 12.8 Å². The van der Waals surface area contributed by atoms with E-state index in [0.29, 0.717) is 5.95 Å². The molecule has 1 aliphatic carbocycles. The molecule has 1 fully saturated rings. The fourth-order valence-corrected chi connectivity index (χ4v) is 2.56. The molecule has 0 bridgehead atoms. The fraction of sp³-hybridized carbons (Fsp3) is 0.692. The predicted octanol–water partition coefficient (Wildman–Crippen LogP) is 2.75. The zero-order chi connectivity index (χ0) is 12.1. The Hall–Kier alpha value is -1.32. The summed E-state index contributed by atoms with van der Waals surface area (Å²) in [5.41, 5.74) is 6.53. The van der Waals surface area contributed by atoms with E-state index in [1.807, 2.05) is 13.0 Å². The highest BCUT2D eigenvalue weighted by molar-refractivity contribution is 5.39. The van der Waals surface area contributed by atoms with Crippen LogP contribution in [0.3, 0.4) is 0 Å². The van der Waals surface area contributed by atoms with Gasteiger partial charge in [0.2, 0.25) is 5.95 Å². The minimum Gasteiger partial charge on any atom is -0.370 e. The molecule has 0 radical (unpaired) electrons. The van der Waals surface area contributed by atoms with Gasteiger partial charge in [-0.05, 0) is 19.3 Å². The molecule has 0 saturated heterocycles. The van der Waals surface area contributed by atoms with Crippen LogP contribution >= 0.6 is 0 Å². The van der Waals surface area contributed by atoms with Gasteiger partial charge in [-0.15, -0.1) is 0 Å². The van der Waals surface area contributed by atoms with Crippen LogP contribution < -0.4 is 11.1 Å². The Kier molecular flexibility index (Phi) is 4.18. The van der Waals surface area contributed by atoms with Crippen LogP contribution in [0.4, 0.5) is 11.8 Å². The molecule has 4 heteroatoms. The fourth-order valence-electron chi connectivity index (χ4n) is 2.56. The van der Waals surface area contributed by atoms with Crippen LogP contribution in [0.2, 0.25) is 0 Å². The minimum absolute atomic E-state index is 0.352. The Bertz CT molecular complexity index is 338. The first-order chi connectivity index (χ1) is 8.24. The number of hydrogen-bond acceptors (Lipinski definition) is 4. The average Bonchev–Trinajstić information content (AvgIpc) is 2.29. The quantitative estimate of drug-likeness (QED) is 0.840. The largest absolute Gasteiger partial charge is 0.370 e. The third-order valence-electron chi connectivity index (χ3n) is 3.45. The molecule has 0 unspecified atom stereocenters. The van der Waals surface area contributed by atoms with E-state index >= 15 is 0 Å². The zero-order valence-corrected chi connectivity index (χ0v) is 10.6. The lowest BCUT2D eigenvalue weighted by atomic mass is 9.87. The molecular formula is C13H22N4. The van der Waals surface area contributed by atoms with Gasteiger partial charge < -0.3 is 11.1 Å². The summed E-state index contributed by atoms with van der Waals surface area (Å²) in [6, 6.07) is 1.94. The van der Waals surface area contributed by atoms with Gasteiger partial charge in [0.25, 0.3) is 0 Å². The van der Waals surface area contributed by atoms with Crippen LogP contribution in [-0.4, -0.2) is 16.5 Å². The number of nitrogens with zero attached hydrogens (tertiary/aromatic N) is 2. The van der Waals surface area contributed by atoms with Gasteiger partial charge in [0, 0.05) is 18.3 Å². The molecule has 1 aliphatic rings. The highest BCUT2D eigenvalue weighted by atomic mass is 15.1. The number of nitrogen functional groups attached to an aromatic ring is 1. The standard InChI is InChI=1S/C13H22N4/c1-10-9-12(17-13(14)16-10)15-8-7-11-5-3-2-4-6-11/h9,11H,2-8H2,1H3,(H3,14,15,16,17). The molecule has 0 aliphatic heterocycles. The second kappa shape index (κ2) is 5.84. The Labute approximate surface area is 103 Å². The van der Waals surface area contributed by atoms with Gasteiger partial charge in [-0.2, -0.15) is 4.98 Å². The minimum atomic E-state index is 0.352. The maximum atomic E-state index is 5.61. The highest BCUT2D eigenvalue weighted by Gasteiger charge is 2.12. The number of aryl methyl sites for hydroxylation is 1. The molecule has 1 heterocycles. The molecule has 17 heavy (non-hydrogen) atoms. The van der Waals surface area contributed by atoms with Crippen molar-refractivity contribution in [3.05, 3.63) is 11.8 Å². The van der Waals surface area contributed by atoms with Crippen molar-refractivity contribution in [1.82, 2.24) is 9.97 Å². The normalized spacial score (nSPS) is 17.0. The maximum absolute atomic E-state index is 5.61. The van der Waals surface area contributed by atoms with Gasteiger partial charge >= 0.3 is 0 Å². The van der Waals surface area contributed by atoms with Crippen molar-refractivity contribution in [3.63, 3.8) is 0 Å². The van der Waals surface area contributed by atoms with Crippen molar-refractivity contribution in [1.29, 1.82) is 0 Å². The summed E-state index contributed by atoms with van der Waals surface area (Å²) in [4.78, 5) is 8.23. The lowest BCUT2D eigenvalue weighted by molar-refractivity contribution is 0.345. The van der Waals surface area contributed by atoms with Crippen molar-refractivity contribution >= 4 is 11.8 Å². The second-order valence-corrected chi connectivity index (χ2v) is 4.97. The molecule has 0 spiro atoms. The van der Waals surface area contributed by atoms with Crippen LogP contribution in [0.25, 0.3) is 0 Å². The topological polar surface area (TPSA) is 63.8 Å². The molecule has 1 aromatic heterocycles. The first kappa shape index (κ1) is 12.1. The van der Waals surface area contributed by atoms with E-state index < -0.39 is 0 Å². The van der Waals surface area contributed by atoms with Crippen molar-refractivity contribution < 1.29 is 0 Å². The lowest BCUT2D eigenvalue weighted by Gasteiger charge is -2.21. The van der Waals surface area contributed by atoms with E-state index in [1.165, 1.54) is 38.5 Å². The molecule has 1 saturated carbocycles. The Balaban J connectivity index is 1.77. The summed E-state index contributed by atoms with van der Waals surface area (Å²) < 4.78 is 0. The van der Waals surface area contributed by atoms with Gasteiger partial charge in [-0.25, -0.2) is 4.98 Å². The van der Waals surface area contributed by atoms with Crippen molar-refractivity contribution in [3.8, 4) is 0 Å². The molecule has 94 valence electrons. The number of nitrogens with two attached hydrogens (primary N) is 1. The van der Waals surface area contributed by atoms with E-state index in [0.717, 1.165) is 24.0 Å². The monoisotopic (exact) mass is 234 g/mol. The molecule has 0 amide bonds. The van der Waals surface area contributed by atoms with Crippen molar-refractivity contribution in [2.75, 3.05) is 17.6 Å². The Morgan fingerprint density at radius 1 is 1.29 bits per heavy atom. The number of aromatic nitrogens is 2.